The number of halogens is 1. The van der Waals surface area contributed by atoms with Crippen molar-refractivity contribution in [2.45, 2.75) is 45.1 Å². The van der Waals surface area contributed by atoms with Gasteiger partial charge in [-0.05, 0) is 56.0 Å². The summed E-state index contributed by atoms with van der Waals surface area (Å²) < 4.78 is 0. The van der Waals surface area contributed by atoms with Gasteiger partial charge in [0.2, 0.25) is 0 Å². The molecule has 1 aliphatic rings. The summed E-state index contributed by atoms with van der Waals surface area (Å²) in [6, 6.07) is 2.85. The number of hydrogen-bond donors (Lipinski definition) is 1. The van der Waals surface area contributed by atoms with Crippen LogP contribution in [0.1, 0.15) is 37.5 Å². The van der Waals surface area contributed by atoms with Crippen molar-refractivity contribution in [1.29, 1.82) is 0 Å². The Kier molecular flexibility index (Phi) is 4.68. The summed E-state index contributed by atoms with van der Waals surface area (Å²) in [5.41, 5.74) is 0. The second-order valence-electron chi connectivity index (χ2n) is 4.85. The average molecular weight is 258 g/mol. The van der Waals surface area contributed by atoms with Gasteiger partial charge in [0.05, 0.1) is 5.02 Å². The fraction of sp³-hybridized carbons (Fsp3) is 0.692. The zero-order valence-corrected chi connectivity index (χ0v) is 11.4. The van der Waals surface area contributed by atoms with Gasteiger partial charge in [0.1, 0.15) is 0 Å². The van der Waals surface area contributed by atoms with Gasteiger partial charge in [-0.25, -0.2) is 0 Å². The SMILES string of the molecule is CC(CCNC1CC1)CCc1sccc1Cl. The first-order valence-corrected chi connectivity index (χ1v) is 7.46. The highest BCUT2D eigenvalue weighted by atomic mass is 35.5. The van der Waals surface area contributed by atoms with E-state index < -0.39 is 0 Å². The van der Waals surface area contributed by atoms with E-state index in [1.165, 1.54) is 37.1 Å². The Hall–Kier alpha value is -0.0500. The monoisotopic (exact) mass is 257 g/mol. The van der Waals surface area contributed by atoms with Gasteiger partial charge in [0.25, 0.3) is 0 Å². The van der Waals surface area contributed by atoms with Gasteiger partial charge in [-0.15, -0.1) is 11.3 Å². The van der Waals surface area contributed by atoms with Crippen LogP contribution in [-0.4, -0.2) is 12.6 Å². The minimum absolute atomic E-state index is 0.796. The first-order chi connectivity index (χ1) is 7.75. The molecule has 16 heavy (non-hydrogen) atoms. The third kappa shape index (κ3) is 4.08. The van der Waals surface area contributed by atoms with E-state index in [0.717, 1.165) is 23.4 Å². The zero-order valence-electron chi connectivity index (χ0n) is 9.84. The molecule has 90 valence electrons. The molecule has 0 aliphatic heterocycles. The largest absolute Gasteiger partial charge is 0.314 e. The third-order valence-electron chi connectivity index (χ3n) is 3.20. The zero-order chi connectivity index (χ0) is 11.4. The molecule has 0 amide bonds. The van der Waals surface area contributed by atoms with E-state index >= 15 is 0 Å². The number of hydrogen-bond acceptors (Lipinski definition) is 2. The summed E-state index contributed by atoms with van der Waals surface area (Å²) in [6.07, 6.45) is 6.46. The standard InChI is InChI=1S/C13H20ClNS/c1-10(6-8-15-11-3-4-11)2-5-13-12(14)7-9-16-13/h7,9-11,15H,2-6,8H2,1H3. The van der Waals surface area contributed by atoms with Crippen molar-refractivity contribution in [2.24, 2.45) is 5.92 Å². The maximum Gasteiger partial charge on any atom is 0.0544 e. The molecule has 0 radical (unpaired) electrons. The van der Waals surface area contributed by atoms with Crippen molar-refractivity contribution in [3.8, 4) is 0 Å². The van der Waals surface area contributed by atoms with Crippen LogP contribution < -0.4 is 5.32 Å². The molecule has 1 aliphatic carbocycles. The van der Waals surface area contributed by atoms with Gasteiger partial charge in [-0.3, -0.25) is 0 Å². The molecule has 0 bridgehead atoms. The van der Waals surface area contributed by atoms with E-state index in [0.29, 0.717) is 0 Å². The Bertz CT molecular complexity index is 319. The van der Waals surface area contributed by atoms with E-state index in [-0.39, 0.29) is 0 Å². The molecule has 1 saturated carbocycles. The molecule has 1 nitrogen and oxygen atoms in total. The van der Waals surface area contributed by atoms with Crippen molar-refractivity contribution in [2.75, 3.05) is 6.54 Å². The van der Waals surface area contributed by atoms with Crippen LogP contribution in [0.25, 0.3) is 0 Å². The Balaban J connectivity index is 1.59. The van der Waals surface area contributed by atoms with Crippen molar-refractivity contribution in [3.05, 3.63) is 21.3 Å². The second-order valence-corrected chi connectivity index (χ2v) is 6.26. The quantitative estimate of drug-likeness (QED) is 0.775. The fourth-order valence-electron chi connectivity index (χ4n) is 1.85. The number of thiophene rings is 1. The number of nitrogens with one attached hydrogen (secondary N) is 1. The topological polar surface area (TPSA) is 12.0 Å². The lowest BCUT2D eigenvalue weighted by Gasteiger charge is -2.11. The van der Waals surface area contributed by atoms with Crippen LogP contribution in [0.3, 0.4) is 0 Å². The Morgan fingerprint density at radius 1 is 1.50 bits per heavy atom. The minimum atomic E-state index is 0.796. The molecular weight excluding hydrogens is 238 g/mol. The Labute approximate surface area is 107 Å². The molecule has 1 N–H and O–H groups in total. The smallest absolute Gasteiger partial charge is 0.0544 e. The highest BCUT2D eigenvalue weighted by Crippen LogP contribution is 2.25. The third-order valence-corrected chi connectivity index (χ3v) is 4.65. The first-order valence-electron chi connectivity index (χ1n) is 6.21. The van der Waals surface area contributed by atoms with Gasteiger partial charge in [-0.1, -0.05) is 18.5 Å². The van der Waals surface area contributed by atoms with Crippen LogP contribution in [0.5, 0.6) is 0 Å². The molecule has 0 saturated heterocycles. The van der Waals surface area contributed by atoms with Gasteiger partial charge < -0.3 is 5.32 Å². The summed E-state index contributed by atoms with van der Waals surface area (Å²) in [6.45, 7) is 3.53. The van der Waals surface area contributed by atoms with Crippen LogP contribution in [0.2, 0.25) is 5.02 Å². The lowest BCUT2D eigenvalue weighted by Crippen LogP contribution is -2.19. The van der Waals surface area contributed by atoms with Crippen molar-refractivity contribution >= 4 is 22.9 Å². The summed E-state index contributed by atoms with van der Waals surface area (Å²) in [5, 5.41) is 6.60. The molecule has 1 unspecified atom stereocenters. The van der Waals surface area contributed by atoms with Crippen molar-refractivity contribution in [3.63, 3.8) is 0 Å². The van der Waals surface area contributed by atoms with E-state index in [2.05, 4.69) is 17.6 Å². The predicted octanol–water partition coefficient (Wildman–Crippen LogP) is 4.11. The van der Waals surface area contributed by atoms with Crippen LogP contribution >= 0.6 is 22.9 Å². The molecule has 1 aromatic rings. The molecule has 1 atom stereocenters. The predicted molar refractivity (Wildman–Crippen MR) is 72.5 cm³/mol. The van der Waals surface area contributed by atoms with E-state index in [9.17, 15) is 0 Å². The Morgan fingerprint density at radius 2 is 2.31 bits per heavy atom. The maximum atomic E-state index is 6.08. The van der Waals surface area contributed by atoms with E-state index in [1.54, 1.807) is 11.3 Å². The summed E-state index contributed by atoms with van der Waals surface area (Å²) in [5.74, 6) is 0.796. The molecular formula is C13H20ClNS. The summed E-state index contributed by atoms with van der Waals surface area (Å²) in [4.78, 5) is 1.35. The molecule has 2 rings (SSSR count). The van der Waals surface area contributed by atoms with Crippen LogP contribution in [-0.2, 0) is 6.42 Å². The van der Waals surface area contributed by atoms with Crippen molar-refractivity contribution in [1.82, 2.24) is 5.32 Å². The van der Waals surface area contributed by atoms with Gasteiger partial charge >= 0.3 is 0 Å². The molecule has 1 aromatic heterocycles. The van der Waals surface area contributed by atoms with Crippen molar-refractivity contribution < 1.29 is 0 Å². The summed E-state index contributed by atoms with van der Waals surface area (Å²) >= 11 is 7.86. The fourth-order valence-corrected chi connectivity index (χ4v) is 3.00. The number of aryl methyl sites for hydroxylation is 1. The molecule has 0 spiro atoms. The van der Waals surface area contributed by atoms with Gasteiger partial charge in [0.15, 0.2) is 0 Å². The van der Waals surface area contributed by atoms with E-state index in [1.807, 2.05) is 6.07 Å². The molecule has 1 heterocycles. The minimum Gasteiger partial charge on any atom is -0.314 e. The lowest BCUT2D eigenvalue weighted by atomic mass is 10.0. The summed E-state index contributed by atoms with van der Waals surface area (Å²) in [7, 11) is 0. The van der Waals surface area contributed by atoms with Crippen LogP contribution in [0.4, 0.5) is 0 Å². The van der Waals surface area contributed by atoms with Crippen LogP contribution in [0, 0.1) is 5.92 Å². The average Bonchev–Trinajstić information content (AvgIpc) is 2.99. The first kappa shape index (κ1) is 12.4. The van der Waals surface area contributed by atoms with Gasteiger partial charge in [-0.2, -0.15) is 0 Å². The number of rotatable bonds is 7. The second kappa shape index (κ2) is 6.04. The van der Waals surface area contributed by atoms with E-state index in [4.69, 9.17) is 11.6 Å². The lowest BCUT2D eigenvalue weighted by molar-refractivity contribution is 0.470. The normalized spacial score (nSPS) is 17.6. The molecule has 1 fully saturated rings. The van der Waals surface area contributed by atoms with Crippen LogP contribution in [0.15, 0.2) is 11.4 Å². The van der Waals surface area contributed by atoms with Gasteiger partial charge in [0, 0.05) is 10.9 Å². The Morgan fingerprint density at radius 3 is 2.94 bits per heavy atom. The maximum absolute atomic E-state index is 6.08. The highest BCUT2D eigenvalue weighted by Gasteiger charge is 2.19. The molecule has 3 heteroatoms. The molecule has 0 aromatic carbocycles. The highest BCUT2D eigenvalue weighted by molar-refractivity contribution is 7.10.